The molecule has 0 aliphatic carbocycles. The number of halogens is 2. The molecule has 2 aromatic rings. The van der Waals surface area contributed by atoms with E-state index >= 15 is 0 Å². The Morgan fingerprint density at radius 3 is 2.83 bits per heavy atom. The van der Waals surface area contributed by atoms with Crippen molar-refractivity contribution in [1.82, 2.24) is 9.88 Å². The SMILES string of the molecule is COCCCN(C(=O)CCc1ncc(-c2ccc(F)cc2F)o1)C1CCS(=O)(=O)C1. The number of carbonyl (C=O) groups is 1. The van der Waals surface area contributed by atoms with E-state index in [1.165, 1.54) is 12.3 Å². The number of aromatic nitrogens is 1. The maximum Gasteiger partial charge on any atom is 0.223 e. The molecule has 0 saturated carbocycles. The van der Waals surface area contributed by atoms with Gasteiger partial charge in [-0.3, -0.25) is 4.79 Å². The van der Waals surface area contributed by atoms with Crippen molar-refractivity contribution in [2.45, 2.75) is 31.7 Å². The van der Waals surface area contributed by atoms with Crippen LogP contribution in [0.15, 0.2) is 28.8 Å². The third-order valence-corrected chi connectivity index (χ3v) is 6.77. The normalized spacial score (nSPS) is 17.9. The number of sulfone groups is 1. The first kappa shape index (κ1) is 22.4. The molecule has 0 bridgehead atoms. The number of benzene rings is 1. The van der Waals surface area contributed by atoms with Crippen molar-refractivity contribution in [2.75, 3.05) is 31.8 Å². The van der Waals surface area contributed by atoms with E-state index < -0.39 is 21.5 Å². The molecule has 2 heterocycles. The monoisotopic (exact) mass is 442 g/mol. The van der Waals surface area contributed by atoms with E-state index in [1.54, 1.807) is 12.0 Å². The molecule has 1 fully saturated rings. The molecule has 164 valence electrons. The van der Waals surface area contributed by atoms with Crippen LogP contribution in [0, 0.1) is 11.6 Å². The summed E-state index contributed by atoms with van der Waals surface area (Å²) in [5.74, 6) is -1.20. The molecule has 1 saturated heterocycles. The first-order valence-electron chi connectivity index (χ1n) is 9.68. The molecule has 0 radical (unpaired) electrons. The van der Waals surface area contributed by atoms with Crippen molar-refractivity contribution >= 4 is 15.7 Å². The van der Waals surface area contributed by atoms with Crippen LogP contribution in [0.25, 0.3) is 11.3 Å². The van der Waals surface area contributed by atoms with Crippen LogP contribution in [-0.2, 0) is 25.8 Å². The minimum Gasteiger partial charge on any atom is -0.441 e. The molecule has 1 amide bonds. The van der Waals surface area contributed by atoms with Crippen LogP contribution in [0.5, 0.6) is 0 Å². The Hall–Kier alpha value is -2.33. The lowest BCUT2D eigenvalue weighted by molar-refractivity contribution is -0.133. The predicted molar refractivity (Wildman–Crippen MR) is 105 cm³/mol. The smallest absolute Gasteiger partial charge is 0.223 e. The Morgan fingerprint density at radius 2 is 2.17 bits per heavy atom. The van der Waals surface area contributed by atoms with Gasteiger partial charge < -0.3 is 14.1 Å². The molecule has 3 rings (SSSR count). The maximum atomic E-state index is 13.9. The summed E-state index contributed by atoms with van der Waals surface area (Å²) in [5, 5.41) is 0. The first-order chi connectivity index (χ1) is 14.3. The summed E-state index contributed by atoms with van der Waals surface area (Å²) in [6.45, 7) is 0.875. The van der Waals surface area contributed by atoms with Gasteiger partial charge in [0.05, 0.1) is 23.3 Å². The number of ether oxygens (including phenoxy) is 1. The fourth-order valence-electron chi connectivity index (χ4n) is 3.51. The van der Waals surface area contributed by atoms with Gasteiger partial charge in [-0.05, 0) is 25.0 Å². The first-order valence-corrected chi connectivity index (χ1v) is 11.5. The number of hydrogen-bond acceptors (Lipinski definition) is 6. The molecule has 30 heavy (non-hydrogen) atoms. The van der Waals surface area contributed by atoms with Gasteiger partial charge in [0.2, 0.25) is 5.91 Å². The van der Waals surface area contributed by atoms with Gasteiger partial charge in [0.1, 0.15) is 11.6 Å². The zero-order valence-electron chi connectivity index (χ0n) is 16.6. The minimum absolute atomic E-state index is 0.0291. The largest absolute Gasteiger partial charge is 0.441 e. The standard InChI is InChI=1S/C20H24F2N2O5S/c1-28-9-2-8-24(15-7-10-30(26,27)13-15)20(25)6-5-19-23-12-18(29-19)16-4-3-14(21)11-17(16)22/h3-4,11-12,15H,2,5-10,13H2,1H3. The lowest BCUT2D eigenvalue weighted by Crippen LogP contribution is -2.42. The van der Waals surface area contributed by atoms with E-state index in [0.29, 0.717) is 26.0 Å². The maximum absolute atomic E-state index is 13.9. The molecule has 0 N–H and O–H groups in total. The van der Waals surface area contributed by atoms with Gasteiger partial charge in [0.15, 0.2) is 21.5 Å². The quantitative estimate of drug-likeness (QED) is 0.555. The molecule has 1 aliphatic rings. The van der Waals surface area contributed by atoms with E-state index in [9.17, 15) is 22.0 Å². The van der Waals surface area contributed by atoms with Crippen molar-refractivity contribution in [3.63, 3.8) is 0 Å². The van der Waals surface area contributed by atoms with Gasteiger partial charge in [-0.25, -0.2) is 22.2 Å². The van der Waals surface area contributed by atoms with Gasteiger partial charge in [-0.1, -0.05) is 0 Å². The number of amides is 1. The Morgan fingerprint density at radius 1 is 1.37 bits per heavy atom. The number of aryl methyl sites for hydroxylation is 1. The lowest BCUT2D eigenvalue weighted by atomic mass is 10.1. The molecule has 7 nitrogen and oxygen atoms in total. The van der Waals surface area contributed by atoms with E-state index in [1.807, 2.05) is 0 Å². The number of oxazole rings is 1. The third-order valence-electron chi connectivity index (χ3n) is 5.02. The Kier molecular flexibility index (Phi) is 7.19. The Balaban J connectivity index is 1.64. The molecule has 0 spiro atoms. The molecule has 10 heteroatoms. The third kappa shape index (κ3) is 5.63. The fourth-order valence-corrected chi connectivity index (χ4v) is 5.24. The van der Waals surface area contributed by atoms with Crippen LogP contribution in [-0.4, -0.2) is 62.0 Å². The second kappa shape index (κ2) is 9.65. The minimum atomic E-state index is -3.12. The van der Waals surface area contributed by atoms with E-state index in [2.05, 4.69) is 4.98 Å². The number of carbonyl (C=O) groups excluding carboxylic acids is 1. The van der Waals surface area contributed by atoms with Crippen molar-refractivity contribution in [3.05, 3.63) is 41.9 Å². The van der Waals surface area contributed by atoms with E-state index in [-0.39, 0.29) is 53.5 Å². The van der Waals surface area contributed by atoms with Gasteiger partial charge >= 0.3 is 0 Å². The summed E-state index contributed by atoms with van der Waals surface area (Å²) in [4.78, 5) is 18.5. The summed E-state index contributed by atoms with van der Waals surface area (Å²) in [6.07, 6.45) is 2.62. The topological polar surface area (TPSA) is 89.7 Å². The summed E-state index contributed by atoms with van der Waals surface area (Å²) >= 11 is 0. The van der Waals surface area contributed by atoms with Crippen molar-refractivity contribution in [3.8, 4) is 11.3 Å². The second-order valence-electron chi connectivity index (χ2n) is 7.23. The summed E-state index contributed by atoms with van der Waals surface area (Å²) in [6, 6.07) is 2.80. The van der Waals surface area contributed by atoms with E-state index in [0.717, 1.165) is 12.1 Å². The second-order valence-corrected chi connectivity index (χ2v) is 9.46. The summed E-state index contributed by atoms with van der Waals surface area (Å²) in [5.41, 5.74) is 0.0823. The van der Waals surface area contributed by atoms with Crippen LogP contribution in [0.3, 0.4) is 0 Å². The number of hydrogen-bond donors (Lipinski definition) is 0. The molecular weight excluding hydrogens is 418 g/mol. The van der Waals surface area contributed by atoms with Crippen LogP contribution in [0.1, 0.15) is 25.2 Å². The fraction of sp³-hybridized carbons (Fsp3) is 0.500. The van der Waals surface area contributed by atoms with Crippen LogP contribution in [0.2, 0.25) is 0 Å². The van der Waals surface area contributed by atoms with E-state index in [4.69, 9.17) is 9.15 Å². The van der Waals surface area contributed by atoms with Gasteiger partial charge in [-0.2, -0.15) is 0 Å². The number of nitrogens with zero attached hydrogens (tertiary/aromatic N) is 2. The zero-order valence-corrected chi connectivity index (χ0v) is 17.5. The molecule has 1 unspecified atom stereocenters. The van der Waals surface area contributed by atoms with Crippen LogP contribution < -0.4 is 0 Å². The predicted octanol–water partition coefficient (Wildman–Crippen LogP) is 2.60. The average Bonchev–Trinajstić information content (AvgIpc) is 3.29. The van der Waals surface area contributed by atoms with Gasteiger partial charge in [-0.15, -0.1) is 0 Å². The molecular formula is C20H24F2N2O5S. The highest BCUT2D eigenvalue weighted by Crippen LogP contribution is 2.25. The van der Waals surface area contributed by atoms with Gasteiger partial charge in [0.25, 0.3) is 0 Å². The lowest BCUT2D eigenvalue weighted by Gasteiger charge is -2.28. The van der Waals surface area contributed by atoms with Crippen molar-refractivity contribution < 1.29 is 31.1 Å². The summed E-state index contributed by atoms with van der Waals surface area (Å²) < 4.78 is 61.2. The summed E-state index contributed by atoms with van der Waals surface area (Å²) in [7, 11) is -1.56. The molecule has 1 aromatic carbocycles. The molecule has 1 aliphatic heterocycles. The van der Waals surface area contributed by atoms with Crippen molar-refractivity contribution in [1.29, 1.82) is 0 Å². The Labute approximate surface area is 174 Å². The highest BCUT2D eigenvalue weighted by Gasteiger charge is 2.34. The molecule has 1 aromatic heterocycles. The van der Waals surface area contributed by atoms with Crippen LogP contribution in [0.4, 0.5) is 8.78 Å². The highest BCUT2D eigenvalue weighted by molar-refractivity contribution is 7.91. The van der Waals surface area contributed by atoms with Crippen molar-refractivity contribution in [2.24, 2.45) is 0 Å². The number of rotatable bonds is 9. The Bertz CT molecular complexity index is 993. The molecule has 1 atom stereocenters. The highest BCUT2D eigenvalue weighted by atomic mass is 32.2. The van der Waals surface area contributed by atoms with Gasteiger partial charge in [0, 0.05) is 45.2 Å². The zero-order chi connectivity index (χ0) is 21.7. The number of methoxy groups -OCH3 is 1. The van der Waals surface area contributed by atoms with Crippen LogP contribution >= 0.6 is 0 Å². The average molecular weight is 442 g/mol.